The molecule has 0 spiro atoms. The van der Waals surface area contributed by atoms with Crippen LogP contribution in [0, 0.1) is 0 Å². The van der Waals surface area contributed by atoms with E-state index in [2.05, 4.69) is 23.5 Å². The lowest BCUT2D eigenvalue weighted by Gasteiger charge is -2.38. The molecule has 2 heterocycles. The van der Waals surface area contributed by atoms with Gasteiger partial charge in [0.25, 0.3) is 5.91 Å². The summed E-state index contributed by atoms with van der Waals surface area (Å²) in [6, 6.07) is 10.4. The molecule has 4 rings (SSSR count). The van der Waals surface area contributed by atoms with Crippen LogP contribution in [0.1, 0.15) is 52.4 Å². The molecule has 2 fully saturated rings. The highest BCUT2D eigenvalue weighted by molar-refractivity contribution is 7.12. The van der Waals surface area contributed by atoms with Crippen molar-refractivity contribution in [1.29, 1.82) is 0 Å². The second-order valence-corrected chi connectivity index (χ2v) is 8.20. The highest BCUT2D eigenvalue weighted by atomic mass is 32.1. The average Bonchev–Trinajstić information content (AvgIpc) is 3.43. The summed E-state index contributed by atoms with van der Waals surface area (Å²) < 4.78 is 10.9. The number of methoxy groups -OCH3 is 1. The third kappa shape index (κ3) is 3.51. The van der Waals surface area contributed by atoms with Crippen LogP contribution in [0.15, 0.2) is 35.7 Å². The number of benzene rings is 1. The second kappa shape index (κ2) is 7.41. The van der Waals surface area contributed by atoms with Gasteiger partial charge in [-0.2, -0.15) is 0 Å². The van der Waals surface area contributed by atoms with Crippen molar-refractivity contribution >= 4 is 17.2 Å². The lowest BCUT2D eigenvalue weighted by molar-refractivity contribution is 0.0487. The second-order valence-electron chi connectivity index (χ2n) is 7.28. The van der Waals surface area contributed by atoms with Gasteiger partial charge in [0.2, 0.25) is 0 Å². The van der Waals surface area contributed by atoms with Crippen LogP contribution in [0.2, 0.25) is 0 Å². The largest absolute Gasteiger partial charge is 0.497 e. The minimum Gasteiger partial charge on any atom is -0.497 e. The normalized spacial score (nSPS) is 19.1. The van der Waals surface area contributed by atoms with Crippen molar-refractivity contribution in [2.24, 2.45) is 0 Å². The Morgan fingerprint density at radius 1 is 1.23 bits per heavy atom. The van der Waals surface area contributed by atoms with Crippen molar-refractivity contribution in [2.75, 3.05) is 26.9 Å². The number of rotatable bonds is 6. The molecule has 1 aliphatic carbocycles. The number of amides is 1. The molecule has 4 nitrogen and oxygen atoms in total. The summed E-state index contributed by atoms with van der Waals surface area (Å²) in [5.74, 6) is 1.52. The first-order valence-corrected chi connectivity index (χ1v) is 10.2. The van der Waals surface area contributed by atoms with Gasteiger partial charge in [-0.3, -0.25) is 4.79 Å². The summed E-state index contributed by atoms with van der Waals surface area (Å²) in [7, 11) is 1.68. The Labute approximate surface area is 158 Å². The lowest BCUT2D eigenvalue weighted by Crippen LogP contribution is -2.44. The van der Waals surface area contributed by atoms with Crippen molar-refractivity contribution in [3.8, 4) is 5.75 Å². The van der Waals surface area contributed by atoms with E-state index in [1.54, 1.807) is 18.4 Å². The van der Waals surface area contributed by atoms with Crippen LogP contribution in [-0.4, -0.2) is 32.8 Å². The van der Waals surface area contributed by atoms with Crippen molar-refractivity contribution < 1.29 is 14.3 Å². The Bertz CT molecular complexity index is 758. The highest BCUT2D eigenvalue weighted by Gasteiger charge is 2.36. The monoisotopic (exact) mass is 371 g/mol. The molecule has 138 valence electrons. The topological polar surface area (TPSA) is 47.6 Å². The zero-order chi connectivity index (χ0) is 18.0. The average molecular weight is 372 g/mol. The molecule has 1 aliphatic heterocycles. The molecule has 1 aromatic heterocycles. The van der Waals surface area contributed by atoms with Crippen LogP contribution >= 0.6 is 11.3 Å². The van der Waals surface area contributed by atoms with Crippen LogP contribution in [0.4, 0.5) is 0 Å². The van der Waals surface area contributed by atoms with E-state index in [-0.39, 0.29) is 11.3 Å². The molecule has 1 aromatic carbocycles. The van der Waals surface area contributed by atoms with Gasteiger partial charge in [-0.25, -0.2) is 0 Å². The summed E-state index contributed by atoms with van der Waals surface area (Å²) in [5, 5.41) is 5.27. The van der Waals surface area contributed by atoms with Crippen LogP contribution in [0.5, 0.6) is 5.75 Å². The molecule has 1 N–H and O–H groups in total. The first-order chi connectivity index (χ1) is 12.7. The van der Waals surface area contributed by atoms with Crippen LogP contribution in [0.25, 0.3) is 0 Å². The van der Waals surface area contributed by atoms with Crippen LogP contribution in [0.3, 0.4) is 0 Å². The van der Waals surface area contributed by atoms with Gasteiger partial charge in [-0.05, 0) is 66.3 Å². The number of hydrogen-bond acceptors (Lipinski definition) is 4. The fourth-order valence-electron chi connectivity index (χ4n) is 3.82. The van der Waals surface area contributed by atoms with E-state index in [4.69, 9.17) is 9.47 Å². The minimum absolute atomic E-state index is 0.0706. The van der Waals surface area contributed by atoms with Gasteiger partial charge in [0.15, 0.2) is 0 Å². The smallest absolute Gasteiger partial charge is 0.261 e. The van der Waals surface area contributed by atoms with Gasteiger partial charge >= 0.3 is 0 Å². The lowest BCUT2D eigenvalue weighted by atomic mass is 9.74. The Morgan fingerprint density at radius 3 is 2.62 bits per heavy atom. The molecule has 0 bridgehead atoms. The molecule has 2 aromatic rings. The summed E-state index contributed by atoms with van der Waals surface area (Å²) in [5.41, 5.74) is 2.41. The van der Waals surface area contributed by atoms with E-state index >= 15 is 0 Å². The number of nitrogens with one attached hydrogen (secondary N) is 1. The van der Waals surface area contributed by atoms with Crippen LogP contribution in [-0.2, 0) is 10.2 Å². The number of carbonyl (C=O) groups is 1. The van der Waals surface area contributed by atoms with Gasteiger partial charge in [0.1, 0.15) is 5.75 Å². The number of hydrogen-bond donors (Lipinski definition) is 1. The molecule has 0 unspecified atom stereocenters. The summed E-state index contributed by atoms with van der Waals surface area (Å²) in [6.45, 7) is 2.10. The van der Waals surface area contributed by atoms with Crippen molar-refractivity contribution in [1.82, 2.24) is 5.32 Å². The number of thiophene rings is 1. The summed E-state index contributed by atoms with van der Waals surface area (Å²) in [6.07, 6.45) is 4.26. The maximum absolute atomic E-state index is 12.8. The first kappa shape index (κ1) is 17.6. The highest BCUT2D eigenvalue weighted by Crippen LogP contribution is 2.43. The van der Waals surface area contributed by atoms with E-state index in [0.717, 1.165) is 36.7 Å². The molecule has 26 heavy (non-hydrogen) atoms. The number of ether oxygens (including phenoxy) is 2. The van der Waals surface area contributed by atoms with Crippen molar-refractivity contribution in [3.05, 3.63) is 51.7 Å². The fraction of sp³-hybridized carbons (Fsp3) is 0.476. The van der Waals surface area contributed by atoms with E-state index in [1.807, 2.05) is 17.5 Å². The third-order valence-electron chi connectivity index (χ3n) is 5.66. The minimum atomic E-state index is -0.0722. The number of carbonyl (C=O) groups excluding carboxylic acids is 1. The SMILES string of the molecule is COc1ccc(C2(CNC(=O)c3sccc3C3CC3)CCOCC2)cc1. The molecular weight excluding hydrogens is 346 g/mol. The predicted octanol–water partition coefficient (Wildman–Crippen LogP) is 4.11. The molecule has 0 radical (unpaired) electrons. The fourth-order valence-corrected chi connectivity index (χ4v) is 4.72. The molecular formula is C21H25NO3S. The van der Waals surface area contributed by atoms with E-state index in [0.29, 0.717) is 12.5 Å². The van der Waals surface area contributed by atoms with Gasteiger partial charge in [-0.1, -0.05) is 12.1 Å². The zero-order valence-electron chi connectivity index (χ0n) is 15.1. The Balaban J connectivity index is 1.51. The molecule has 2 aliphatic rings. The molecule has 0 atom stereocenters. The Hall–Kier alpha value is -1.85. The van der Waals surface area contributed by atoms with Crippen LogP contribution < -0.4 is 10.1 Å². The van der Waals surface area contributed by atoms with Crippen molar-refractivity contribution in [2.45, 2.75) is 37.0 Å². The van der Waals surface area contributed by atoms with Gasteiger partial charge in [0, 0.05) is 25.2 Å². The van der Waals surface area contributed by atoms with Gasteiger partial charge in [0.05, 0.1) is 12.0 Å². The third-order valence-corrected chi connectivity index (χ3v) is 6.59. The molecule has 1 saturated heterocycles. The molecule has 5 heteroatoms. The predicted molar refractivity (Wildman–Crippen MR) is 103 cm³/mol. The van der Waals surface area contributed by atoms with E-state index < -0.39 is 0 Å². The Morgan fingerprint density at radius 2 is 1.96 bits per heavy atom. The van der Waals surface area contributed by atoms with Crippen molar-refractivity contribution in [3.63, 3.8) is 0 Å². The molecule has 1 amide bonds. The molecule has 1 saturated carbocycles. The Kier molecular flexibility index (Phi) is 5.00. The standard InChI is InChI=1S/C21H25NO3S/c1-24-17-6-4-16(5-7-17)21(9-11-25-12-10-21)14-22-20(23)19-18(8-13-26-19)15-2-3-15/h4-8,13,15H,2-3,9-12,14H2,1H3,(H,22,23). The summed E-state index contributed by atoms with van der Waals surface area (Å²) in [4.78, 5) is 13.7. The van der Waals surface area contributed by atoms with Gasteiger partial charge in [-0.15, -0.1) is 11.3 Å². The maximum Gasteiger partial charge on any atom is 0.261 e. The zero-order valence-corrected chi connectivity index (χ0v) is 15.9. The van der Waals surface area contributed by atoms with Gasteiger partial charge < -0.3 is 14.8 Å². The first-order valence-electron chi connectivity index (χ1n) is 9.30. The van der Waals surface area contributed by atoms with E-state index in [1.165, 1.54) is 24.0 Å². The van der Waals surface area contributed by atoms with E-state index in [9.17, 15) is 4.79 Å². The quantitative estimate of drug-likeness (QED) is 0.831. The summed E-state index contributed by atoms with van der Waals surface area (Å²) >= 11 is 1.56. The maximum atomic E-state index is 12.8.